The normalized spacial score (nSPS) is 12.8. The highest BCUT2D eigenvalue weighted by molar-refractivity contribution is 8.00. The van der Waals surface area contributed by atoms with Gasteiger partial charge in [-0.1, -0.05) is 199 Å². The van der Waals surface area contributed by atoms with Gasteiger partial charge in [0.2, 0.25) is 11.9 Å². The van der Waals surface area contributed by atoms with Crippen LogP contribution < -0.4 is 0 Å². The Morgan fingerprint density at radius 3 is 1.32 bits per heavy atom. The Balaban J connectivity index is 0.676. The number of benzene rings is 14. The van der Waals surface area contributed by atoms with Crippen molar-refractivity contribution in [2.75, 3.05) is 0 Å². The second-order valence-electron chi connectivity index (χ2n) is 26.0. The fourth-order valence-electron chi connectivity index (χ4n) is 16.5. The Labute approximate surface area is 576 Å². The molecule has 21 aromatic rings. The van der Waals surface area contributed by atoms with Crippen molar-refractivity contribution in [1.82, 2.24) is 38.2 Å². The molecule has 0 atom stereocenters. The number of aromatic nitrogens is 8. The van der Waals surface area contributed by atoms with E-state index >= 15 is 0 Å². The number of hydrogen-bond donors (Lipinski definition) is 0. The lowest BCUT2D eigenvalue weighted by Crippen LogP contribution is -2.05. The molecule has 2 aliphatic heterocycles. The standard InChI is InChI=1S/C88H48N8S3/c1-7-26-67-55(18-1)58-41-44-71-79(60-20-2-8-27-68(60)95(71)87-89-65-24-14-32-76-81(65)83(91-87)62-22-5-11-30-74(62)97-76)85(58)93(67)53-37-34-49(35-38-53)50-16-13-17-51(46-50)52-36-43-70-64(47-52)59-42-45-72-80(86(59)94(70)54-39-40-57-56-19-4-10-29-73(56)99-78(57)48-54)61-21-3-9-28-69(61)96(72)88-90-66-25-15-33-77-82(66)84(92-88)63-23-6-12-31-75(63)98-77/h1-48H. The Morgan fingerprint density at radius 2 is 0.687 bits per heavy atom. The van der Waals surface area contributed by atoms with Gasteiger partial charge in [-0.15, -0.1) is 11.3 Å². The highest BCUT2D eigenvalue weighted by Gasteiger charge is 2.29. The topological polar surface area (TPSA) is 71.3 Å². The van der Waals surface area contributed by atoms with Crippen LogP contribution in [0.3, 0.4) is 0 Å². The largest absolute Gasteiger partial charge is 0.309 e. The number of para-hydroxylation sites is 3. The van der Waals surface area contributed by atoms with Crippen molar-refractivity contribution in [3.8, 4) is 68.0 Å². The second kappa shape index (κ2) is 20.2. The zero-order valence-electron chi connectivity index (χ0n) is 52.5. The van der Waals surface area contributed by atoms with Crippen LogP contribution >= 0.6 is 34.9 Å². The van der Waals surface area contributed by atoms with Crippen molar-refractivity contribution >= 4 is 164 Å². The summed E-state index contributed by atoms with van der Waals surface area (Å²) >= 11 is 5.45. The Bertz CT molecular complexity index is 7190. The quantitative estimate of drug-likeness (QED) is 0.165. The molecule has 23 rings (SSSR count). The fourth-order valence-corrected chi connectivity index (χ4v) is 19.9. The first-order valence-electron chi connectivity index (χ1n) is 33.3. The summed E-state index contributed by atoms with van der Waals surface area (Å²) in [6.45, 7) is 0. The molecule has 0 radical (unpaired) electrons. The van der Waals surface area contributed by atoms with E-state index in [9.17, 15) is 0 Å². The third-order valence-electron chi connectivity index (χ3n) is 20.8. The molecule has 0 unspecified atom stereocenters. The molecule has 11 heteroatoms. The van der Waals surface area contributed by atoms with Crippen LogP contribution in [0.25, 0.3) is 197 Å². The molecule has 0 aliphatic carbocycles. The second-order valence-corrected chi connectivity index (χ2v) is 29.2. The van der Waals surface area contributed by atoms with Gasteiger partial charge in [0.1, 0.15) is 0 Å². The van der Waals surface area contributed by atoms with Crippen LogP contribution in [-0.4, -0.2) is 38.2 Å². The fraction of sp³-hybridized carbons (Fsp3) is 0. The average molecular weight is 1310 g/mol. The van der Waals surface area contributed by atoms with Crippen LogP contribution in [0.4, 0.5) is 0 Å². The van der Waals surface area contributed by atoms with Crippen molar-refractivity contribution in [2.45, 2.75) is 19.6 Å². The third kappa shape index (κ3) is 7.60. The molecule has 99 heavy (non-hydrogen) atoms. The van der Waals surface area contributed by atoms with Gasteiger partial charge in [0.25, 0.3) is 0 Å². The van der Waals surface area contributed by atoms with Crippen LogP contribution in [0, 0.1) is 0 Å². The Hall–Kier alpha value is -12.1. The molecule has 0 spiro atoms. The first kappa shape index (κ1) is 54.1. The monoisotopic (exact) mass is 1310 g/mol. The van der Waals surface area contributed by atoms with Crippen LogP contribution in [0.2, 0.25) is 0 Å². The molecule has 0 saturated heterocycles. The summed E-state index contributed by atoms with van der Waals surface area (Å²) in [6, 6.07) is 107. The third-order valence-corrected chi connectivity index (χ3v) is 24.2. The zero-order chi connectivity index (χ0) is 64.3. The van der Waals surface area contributed by atoms with Crippen LogP contribution in [0.1, 0.15) is 0 Å². The molecule has 8 nitrogen and oxygen atoms in total. The van der Waals surface area contributed by atoms with E-state index in [0.29, 0.717) is 11.9 Å². The van der Waals surface area contributed by atoms with E-state index in [-0.39, 0.29) is 0 Å². The number of nitrogens with zero attached hydrogens (tertiary/aromatic N) is 8. The summed E-state index contributed by atoms with van der Waals surface area (Å²) in [7, 11) is 0. The number of fused-ring (bicyclic) bond motifs is 21. The van der Waals surface area contributed by atoms with Crippen molar-refractivity contribution < 1.29 is 0 Å². The van der Waals surface area contributed by atoms with Crippen molar-refractivity contribution in [3.05, 3.63) is 291 Å². The molecule has 2 aliphatic rings. The minimum absolute atomic E-state index is 0.656. The molecule has 7 aromatic heterocycles. The van der Waals surface area contributed by atoms with E-state index in [4.69, 9.17) is 19.9 Å². The van der Waals surface area contributed by atoms with Gasteiger partial charge in [-0.2, -0.15) is 0 Å². The van der Waals surface area contributed by atoms with Crippen LogP contribution in [-0.2, 0) is 0 Å². The van der Waals surface area contributed by atoms with Gasteiger partial charge in [0.05, 0.1) is 66.6 Å². The van der Waals surface area contributed by atoms with Crippen molar-refractivity contribution in [1.29, 1.82) is 0 Å². The molecule has 0 N–H and O–H groups in total. The minimum atomic E-state index is 0.656. The van der Waals surface area contributed by atoms with E-state index in [2.05, 4.69) is 309 Å². The first-order valence-corrected chi connectivity index (χ1v) is 35.8. The molecule has 0 saturated carbocycles. The minimum Gasteiger partial charge on any atom is -0.309 e. The molecule has 458 valence electrons. The molecule has 14 aromatic carbocycles. The van der Waals surface area contributed by atoms with Gasteiger partial charge in [-0.25, -0.2) is 19.9 Å². The molecule has 0 fully saturated rings. The molecule has 9 heterocycles. The lowest BCUT2D eigenvalue weighted by molar-refractivity contribution is 1.01. The molecular weight excluding hydrogens is 1270 g/mol. The molecule has 0 bridgehead atoms. The van der Waals surface area contributed by atoms with Crippen LogP contribution in [0.5, 0.6) is 0 Å². The highest BCUT2D eigenvalue weighted by atomic mass is 32.2. The van der Waals surface area contributed by atoms with Gasteiger partial charge in [0, 0.05) is 116 Å². The lowest BCUT2D eigenvalue weighted by Gasteiger charge is -2.20. The van der Waals surface area contributed by atoms with Gasteiger partial charge < -0.3 is 9.13 Å². The van der Waals surface area contributed by atoms with Crippen molar-refractivity contribution in [3.63, 3.8) is 0 Å². The maximum absolute atomic E-state index is 5.56. The summed E-state index contributed by atoms with van der Waals surface area (Å²) in [5.41, 5.74) is 21.7. The summed E-state index contributed by atoms with van der Waals surface area (Å²) in [5, 5.41) is 14.1. The zero-order valence-corrected chi connectivity index (χ0v) is 55.0. The average Bonchev–Trinajstić information content (AvgIpc) is 1.56. The predicted molar refractivity (Wildman–Crippen MR) is 413 cm³/mol. The summed E-state index contributed by atoms with van der Waals surface area (Å²) in [5.74, 6) is 1.32. The van der Waals surface area contributed by atoms with Gasteiger partial charge in [0.15, 0.2) is 0 Å². The van der Waals surface area contributed by atoms with E-state index in [1.54, 1.807) is 23.5 Å². The predicted octanol–water partition coefficient (Wildman–Crippen LogP) is 23.9. The van der Waals surface area contributed by atoms with Crippen molar-refractivity contribution in [2.24, 2.45) is 0 Å². The summed E-state index contributed by atoms with van der Waals surface area (Å²) in [4.78, 5) is 26.7. The summed E-state index contributed by atoms with van der Waals surface area (Å²) < 4.78 is 12.1. The van der Waals surface area contributed by atoms with Gasteiger partial charge >= 0.3 is 0 Å². The Kier molecular flexibility index (Phi) is 11.0. The summed E-state index contributed by atoms with van der Waals surface area (Å²) in [6.07, 6.45) is 0. The molecule has 0 amide bonds. The SMILES string of the molecule is c1cc(-c2ccc(-n3c4ccccc4c4ccc5c(c6ccccc6n5-c5nc6c7c(cccc7n5)Sc5ccccc5-6)c43)cc2)cc(-c2ccc3c(c2)c2ccc4c(c5ccccc5n4-c4nc5c6c(cccc6n4)Sc4ccccc4-5)c2n3-c2ccc3c(c2)sc2ccccc23)c1. The smallest absolute Gasteiger partial charge is 0.235 e. The maximum Gasteiger partial charge on any atom is 0.235 e. The van der Waals surface area contributed by atoms with E-state index in [1.165, 1.54) is 61.3 Å². The number of rotatable bonds is 6. The number of hydrogen-bond acceptors (Lipinski definition) is 7. The van der Waals surface area contributed by atoms with E-state index in [1.807, 2.05) is 11.3 Å². The van der Waals surface area contributed by atoms with E-state index in [0.717, 1.165) is 144 Å². The maximum atomic E-state index is 5.56. The van der Waals surface area contributed by atoms with Gasteiger partial charge in [-0.3, -0.25) is 9.13 Å². The lowest BCUT2D eigenvalue weighted by atomic mass is 9.97. The van der Waals surface area contributed by atoms with E-state index < -0.39 is 0 Å². The van der Waals surface area contributed by atoms with Crippen LogP contribution in [0.15, 0.2) is 311 Å². The van der Waals surface area contributed by atoms with Gasteiger partial charge in [-0.05, 0) is 138 Å². The number of thiophene rings is 1. The first-order chi connectivity index (χ1) is 49.1. The Morgan fingerprint density at radius 1 is 0.242 bits per heavy atom. The molecular formula is C88H48N8S3. The highest BCUT2D eigenvalue weighted by Crippen LogP contribution is 2.51.